The van der Waals surface area contributed by atoms with Crippen molar-refractivity contribution in [1.29, 1.82) is 0 Å². The van der Waals surface area contributed by atoms with Gasteiger partial charge in [-0.2, -0.15) is 0 Å². The van der Waals surface area contributed by atoms with Gasteiger partial charge >= 0.3 is 0 Å². The maximum atomic E-state index is 5.81. The molecule has 0 atom stereocenters. The van der Waals surface area contributed by atoms with E-state index < -0.39 is 0 Å². The van der Waals surface area contributed by atoms with Crippen LogP contribution in [0, 0.1) is 6.92 Å². The lowest BCUT2D eigenvalue weighted by Crippen LogP contribution is -2.06. The summed E-state index contributed by atoms with van der Waals surface area (Å²) in [6.07, 6.45) is 0.915. The van der Waals surface area contributed by atoms with E-state index in [0.717, 1.165) is 17.7 Å². The Balaban J connectivity index is 1.94. The fourth-order valence-corrected chi connectivity index (χ4v) is 1.93. The predicted molar refractivity (Wildman–Crippen MR) is 74.7 cm³/mol. The zero-order chi connectivity index (χ0) is 12.8. The van der Waals surface area contributed by atoms with Crippen LogP contribution < -0.4 is 10.5 Å². The number of ether oxygens (including phenoxy) is 1. The highest BCUT2D eigenvalue weighted by Crippen LogP contribution is 2.19. The van der Waals surface area contributed by atoms with Crippen molar-refractivity contribution >= 4 is 0 Å². The van der Waals surface area contributed by atoms with E-state index in [9.17, 15) is 0 Å². The van der Waals surface area contributed by atoms with Crippen molar-refractivity contribution in [3.05, 3.63) is 65.2 Å². The Hall–Kier alpha value is -1.80. The molecule has 18 heavy (non-hydrogen) atoms. The molecule has 0 heterocycles. The monoisotopic (exact) mass is 241 g/mol. The van der Waals surface area contributed by atoms with Crippen molar-refractivity contribution in [2.24, 2.45) is 5.73 Å². The van der Waals surface area contributed by atoms with Crippen LogP contribution in [0.1, 0.15) is 16.7 Å². The van der Waals surface area contributed by atoms with Crippen LogP contribution in [0.5, 0.6) is 5.75 Å². The summed E-state index contributed by atoms with van der Waals surface area (Å²) in [4.78, 5) is 0. The van der Waals surface area contributed by atoms with E-state index >= 15 is 0 Å². The van der Waals surface area contributed by atoms with Gasteiger partial charge in [0.15, 0.2) is 0 Å². The summed E-state index contributed by atoms with van der Waals surface area (Å²) in [5.41, 5.74) is 9.30. The van der Waals surface area contributed by atoms with Crippen molar-refractivity contribution in [1.82, 2.24) is 0 Å². The number of nitrogens with two attached hydrogens (primary N) is 1. The second kappa shape index (κ2) is 6.22. The third kappa shape index (κ3) is 3.34. The summed E-state index contributed by atoms with van der Waals surface area (Å²) in [5.74, 6) is 0.902. The highest BCUT2D eigenvalue weighted by Gasteiger charge is 2.02. The lowest BCUT2D eigenvalue weighted by molar-refractivity contribution is 0.318. The molecule has 0 aliphatic carbocycles. The minimum atomic E-state index is 0.516. The minimum Gasteiger partial charge on any atom is -0.493 e. The smallest absolute Gasteiger partial charge is 0.123 e. The molecule has 94 valence electrons. The number of hydrogen-bond acceptors (Lipinski definition) is 2. The molecule has 0 spiro atoms. The second-order valence-electron chi connectivity index (χ2n) is 4.40. The van der Waals surface area contributed by atoms with E-state index in [2.05, 4.69) is 31.2 Å². The van der Waals surface area contributed by atoms with Gasteiger partial charge in [0.2, 0.25) is 0 Å². The van der Waals surface area contributed by atoms with E-state index in [1.165, 1.54) is 11.1 Å². The van der Waals surface area contributed by atoms with Gasteiger partial charge < -0.3 is 10.5 Å². The molecule has 0 unspecified atom stereocenters. The van der Waals surface area contributed by atoms with Crippen LogP contribution in [0.2, 0.25) is 0 Å². The van der Waals surface area contributed by atoms with Crippen LogP contribution in [0.25, 0.3) is 0 Å². The zero-order valence-corrected chi connectivity index (χ0v) is 10.7. The first-order valence-electron chi connectivity index (χ1n) is 6.26. The maximum absolute atomic E-state index is 5.81. The van der Waals surface area contributed by atoms with Gasteiger partial charge in [-0.3, -0.25) is 0 Å². The first-order chi connectivity index (χ1) is 8.79. The van der Waals surface area contributed by atoms with Crippen LogP contribution in [-0.4, -0.2) is 6.61 Å². The Morgan fingerprint density at radius 2 is 1.83 bits per heavy atom. The van der Waals surface area contributed by atoms with E-state index in [-0.39, 0.29) is 0 Å². The number of hydrogen-bond donors (Lipinski definition) is 1. The van der Waals surface area contributed by atoms with Gasteiger partial charge in [0.05, 0.1) is 6.61 Å². The molecule has 0 bridgehead atoms. The second-order valence-corrected chi connectivity index (χ2v) is 4.40. The van der Waals surface area contributed by atoms with Gasteiger partial charge in [0.1, 0.15) is 5.75 Å². The van der Waals surface area contributed by atoms with E-state index in [0.29, 0.717) is 13.2 Å². The molecule has 2 rings (SSSR count). The van der Waals surface area contributed by atoms with Gasteiger partial charge in [-0.15, -0.1) is 0 Å². The van der Waals surface area contributed by atoms with E-state index in [1.54, 1.807) is 0 Å². The first-order valence-corrected chi connectivity index (χ1v) is 6.26. The summed E-state index contributed by atoms with van der Waals surface area (Å²) in [6.45, 7) is 3.26. The minimum absolute atomic E-state index is 0.516. The van der Waals surface area contributed by atoms with Crippen molar-refractivity contribution in [3.8, 4) is 5.75 Å². The largest absolute Gasteiger partial charge is 0.493 e. The maximum Gasteiger partial charge on any atom is 0.123 e. The highest BCUT2D eigenvalue weighted by molar-refractivity contribution is 5.36. The Morgan fingerprint density at radius 3 is 2.56 bits per heavy atom. The van der Waals surface area contributed by atoms with Gasteiger partial charge in [0.25, 0.3) is 0 Å². The van der Waals surface area contributed by atoms with Crippen LogP contribution >= 0.6 is 0 Å². The quantitative estimate of drug-likeness (QED) is 0.873. The van der Waals surface area contributed by atoms with E-state index in [1.807, 2.05) is 24.3 Å². The molecule has 2 heteroatoms. The molecule has 0 amide bonds. The summed E-state index contributed by atoms with van der Waals surface area (Å²) >= 11 is 0. The zero-order valence-electron chi connectivity index (χ0n) is 10.7. The molecule has 2 nitrogen and oxygen atoms in total. The van der Waals surface area contributed by atoms with Crippen molar-refractivity contribution in [2.75, 3.05) is 6.61 Å². The molecule has 2 N–H and O–H groups in total. The topological polar surface area (TPSA) is 35.2 Å². The molecule has 0 saturated carbocycles. The summed E-state index contributed by atoms with van der Waals surface area (Å²) in [5, 5.41) is 0. The van der Waals surface area contributed by atoms with Gasteiger partial charge in [-0.25, -0.2) is 0 Å². The van der Waals surface area contributed by atoms with Crippen LogP contribution in [0.4, 0.5) is 0 Å². The Kier molecular flexibility index (Phi) is 4.37. The fourth-order valence-electron chi connectivity index (χ4n) is 1.93. The van der Waals surface area contributed by atoms with Gasteiger partial charge in [-0.05, 0) is 18.6 Å². The molecule has 0 radical (unpaired) electrons. The molecule has 0 aliphatic rings. The predicted octanol–water partition coefficient (Wildman–Crippen LogP) is 3.08. The van der Waals surface area contributed by atoms with Gasteiger partial charge in [-0.1, -0.05) is 48.0 Å². The van der Waals surface area contributed by atoms with E-state index in [4.69, 9.17) is 10.5 Å². The normalized spacial score (nSPS) is 10.3. The highest BCUT2D eigenvalue weighted by atomic mass is 16.5. The molecular formula is C16H19NO. The lowest BCUT2D eigenvalue weighted by Gasteiger charge is -2.11. The Labute approximate surface area is 108 Å². The molecule has 0 fully saturated rings. The molecular weight excluding hydrogens is 222 g/mol. The number of rotatable bonds is 5. The standard InChI is InChI=1S/C16H19NO/c1-13-7-8-16(15(11-13)12-17)18-10-9-14-5-3-2-4-6-14/h2-8,11H,9-10,12,17H2,1H3. The summed E-state index contributed by atoms with van der Waals surface area (Å²) in [7, 11) is 0. The third-order valence-electron chi connectivity index (χ3n) is 2.93. The molecule has 2 aromatic rings. The molecule has 0 aliphatic heterocycles. The summed E-state index contributed by atoms with van der Waals surface area (Å²) < 4.78 is 5.81. The average molecular weight is 241 g/mol. The van der Waals surface area contributed by atoms with Crippen LogP contribution in [0.3, 0.4) is 0 Å². The Bertz CT molecular complexity index is 494. The van der Waals surface area contributed by atoms with Gasteiger partial charge in [0, 0.05) is 18.5 Å². The number of benzene rings is 2. The fraction of sp³-hybridized carbons (Fsp3) is 0.250. The van der Waals surface area contributed by atoms with Crippen molar-refractivity contribution in [3.63, 3.8) is 0 Å². The Morgan fingerprint density at radius 1 is 1.06 bits per heavy atom. The van der Waals surface area contributed by atoms with Crippen molar-refractivity contribution < 1.29 is 4.74 Å². The van der Waals surface area contributed by atoms with Crippen molar-refractivity contribution in [2.45, 2.75) is 19.9 Å². The summed E-state index contributed by atoms with van der Waals surface area (Å²) in [6, 6.07) is 16.5. The van der Waals surface area contributed by atoms with Crippen LogP contribution in [0.15, 0.2) is 48.5 Å². The molecule has 0 saturated heterocycles. The molecule has 2 aromatic carbocycles. The first kappa shape index (κ1) is 12.7. The lowest BCUT2D eigenvalue weighted by atomic mass is 10.1. The number of aryl methyl sites for hydroxylation is 1. The van der Waals surface area contributed by atoms with Crippen LogP contribution in [-0.2, 0) is 13.0 Å². The average Bonchev–Trinajstić information content (AvgIpc) is 2.41. The third-order valence-corrected chi connectivity index (χ3v) is 2.93. The SMILES string of the molecule is Cc1ccc(OCCc2ccccc2)c(CN)c1. The molecule has 0 aromatic heterocycles.